The number of fused-ring (bicyclic) bond motifs is 1. The number of aryl methyl sites for hydroxylation is 2. The fraction of sp³-hybridized carbons (Fsp3) is 0.304. The quantitative estimate of drug-likeness (QED) is 0.664. The minimum atomic E-state index is 0.817. The number of hydrogen-bond acceptors (Lipinski definition) is 4. The van der Waals surface area contributed by atoms with E-state index in [9.17, 15) is 0 Å². The molecule has 4 nitrogen and oxygen atoms in total. The van der Waals surface area contributed by atoms with Crippen LogP contribution in [0.4, 0.5) is 11.6 Å². The molecule has 4 heteroatoms. The molecule has 0 saturated carbocycles. The molecular weight excluding hydrogens is 332 g/mol. The maximum Gasteiger partial charge on any atom is 0.134 e. The minimum Gasteiger partial charge on any atom is -0.370 e. The van der Waals surface area contributed by atoms with Crippen molar-refractivity contribution in [2.24, 2.45) is 0 Å². The molecule has 27 heavy (non-hydrogen) atoms. The van der Waals surface area contributed by atoms with Crippen molar-refractivity contribution in [1.82, 2.24) is 9.97 Å². The summed E-state index contributed by atoms with van der Waals surface area (Å²) < 4.78 is 0. The number of rotatable bonds is 6. The van der Waals surface area contributed by atoms with Crippen molar-refractivity contribution in [3.8, 4) is 0 Å². The number of hydrogen-bond donors (Lipinski definition) is 1. The van der Waals surface area contributed by atoms with Crippen molar-refractivity contribution in [2.75, 3.05) is 23.3 Å². The van der Waals surface area contributed by atoms with E-state index in [4.69, 9.17) is 0 Å². The lowest BCUT2D eigenvalue weighted by Crippen LogP contribution is -2.31. The molecule has 2 heterocycles. The Kier molecular flexibility index (Phi) is 5.33. The summed E-state index contributed by atoms with van der Waals surface area (Å²) >= 11 is 0. The van der Waals surface area contributed by atoms with Gasteiger partial charge in [0.05, 0.1) is 0 Å². The Balaban J connectivity index is 1.38. The molecule has 4 rings (SSSR count). The van der Waals surface area contributed by atoms with E-state index in [1.54, 1.807) is 0 Å². The Morgan fingerprint density at radius 1 is 0.963 bits per heavy atom. The number of anilines is 2. The van der Waals surface area contributed by atoms with Gasteiger partial charge in [-0.3, -0.25) is 0 Å². The summed E-state index contributed by atoms with van der Waals surface area (Å²) in [7, 11) is 0. The number of nitrogens with one attached hydrogen (secondary N) is 1. The summed E-state index contributed by atoms with van der Waals surface area (Å²) in [5.41, 5.74) is 4.24. The van der Waals surface area contributed by atoms with Gasteiger partial charge < -0.3 is 10.2 Å². The third-order valence-corrected chi connectivity index (χ3v) is 5.07. The first kappa shape index (κ1) is 17.5. The Morgan fingerprint density at radius 3 is 2.59 bits per heavy atom. The third-order valence-electron chi connectivity index (χ3n) is 5.07. The molecule has 0 spiro atoms. The molecule has 1 N–H and O–H groups in total. The van der Waals surface area contributed by atoms with E-state index in [1.807, 2.05) is 6.92 Å². The molecule has 3 aromatic rings. The SMILES string of the molecule is Cc1nc(NCCCc2ccccc2)cc(N2CCc3ccccc3C2)n1. The molecule has 0 radical (unpaired) electrons. The molecule has 0 atom stereocenters. The van der Waals surface area contributed by atoms with E-state index in [2.05, 4.69) is 80.8 Å². The van der Waals surface area contributed by atoms with Crippen LogP contribution < -0.4 is 10.2 Å². The van der Waals surface area contributed by atoms with Gasteiger partial charge in [0.2, 0.25) is 0 Å². The van der Waals surface area contributed by atoms with Gasteiger partial charge in [0.1, 0.15) is 17.5 Å². The van der Waals surface area contributed by atoms with Crippen LogP contribution in [0, 0.1) is 6.92 Å². The van der Waals surface area contributed by atoms with Crippen LogP contribution in [-0.4, -0.2) is 23.1 Å². The third kappa shape index (κ3) is 4.45. The molecule has 0 amide bonds. The second-order valence-corrected chi connectivity index (χ2v) is 7.11. The first-order chi connectivity index (χ1) is 13.3. The largest absolute Gasteiger partial charge is 0.370 e. The monoisotopic (exact) mass is 358 g/mol. The van der Waals surface area contributed by atoms with Gasteiger partial charge in [0.15, 0.2) is 0 Å². The second-order valence-electron chi connectivity index (χ2n) is 7.11. The van der Waals surface area contributed by atoms with Crippen molar-refractivity contribution >= 4 is 11.6 Å². The van der Waals surface area contributed by atoms with Crippen molar-refractivity contribution < 1.29 is 0 Å². The predicted octanol–water partition coefficient (Wildman–Crippen LogP) is 4.39. The summed E-state index contributed by atoms with van der Waals surface area (Å²) in [6, 6.07) is 21.4. The molecule has 0 aliphatic carbocycles. The van der Waals surface area contributed by atoms with Crippen LogP contribution in [-0.2, 0) is 19.4 Å². The fourth-order valence-corrected chi connectivity index (χ4v) is 3.65. The summed E-state index contributed by atoms with van der Waals surface area (Å²) in [5, 5.41) is 3.48. The van der Waals surface area contributed by atoms with E-state index in [0.717, 1.165) is 56.4 Å². The first-order valence-corrected chi connectivity index (χ1v) is 9.73. The Bertz CT molecular complexity index is 892. The van der Waals surface area contributed by atoms with Gasteiger partial charge >= 0.3 is 0 Å². The van der Waals surface area contributed by atoms with E-state index in [1.165, 1.54) is 16.7 Å². The molecule has 1 aromatic heterocycles. The lowest BCUT2D eigenvalue weighted by Gasteiger charge is -2.30. The van der Waals surface area contributed by atoms with Crippen LogP contribution in [0.5, 0.6) is 0 Å². The van der Waals surface area contributed by atoms with Gasteiger partial charge in [0.25, 0.3) is 0 Å². The minimum absolute atomic E-state index is 0.817. The first-order valence-electron chi connectivity index (χ1n) is 9.73. The fourth-order valence-electron chi connectivity index (χ4n) is 3.65. The smallest absolute Gasteiger partial charge is 0.134 e. The lowest BCUT2D eigenvalue weighted by atomic mass is 10.00. The van der Waals surface area contributed by atoms with Gasteiger partial charge in [-0.25, -0.2) is 9.97 Å². The number of aromatic nitrogens is 2. The van der Waals surface area contributed by atoms with E-state index in [0.29, 0.717) is 0 Å². The van der Waals surface area contributed by atoms with Gasteiger partial charge in [-0.2, -0.15) is 0 Å². The molecule has 0 bridgehead atoms. The molecule has 0 saturated heterocycles. The highest BCUT2D eigenvalue weighted by molar-refractivity contribution is 5.51. The zero-order chi connectivity index (χ0) is 18.5. The van der Waals surface area contributed by atoms with E-state index >= 15 is 0 Å². The van der Waals surface area contributed by atoms with Gasteiger partial charge in [-0.1, -0.05) is 54.6 Å². The zero-order valence-corrected chi connectivity index (χ0v) is 15.9. The van der Waals surface area contributed by atoms with Gasteiger partial charge in [-0.05, 0) is 42.9 Å². The Hall–Kier alpha value is -2.88. The highest BCUT2D eigenvalue weighted by atomic mass is 15.2. The Morgan fingerprint density at radius 2 is 1.74 bits per heavy atom. The highest BCUT2D eigenvalue weighted by Crippen LogP contribution is 2.24. The predicted molar refractivity (Wildman–Crippen MR) is 111 cm³/mol. The second kappa shape index (κ2) is 8.21. The van der Waals surface area contributed by atoms with Crippen LogP contribution in [0.3, 0.4) is 0 Å². The average molecular weight is 358 g/mol. The van der Waals surface area contributed by atoms with Crippen molar-refractivity contribution in [1.29, 1.82) is 0 Å². The number of benzene rings is 2. The molecule has 0 fully saturated rings. The summed E-state index contributed by atoms with van der Waals surface area (Å²) in [5.74, 6) is 2.75. The van der Waals surface area contributed by atoms with Crippen molar-refractivity contribution in [3.63, 3.8) is 0 Å². The van der Waals surface area contributed by atoms with Gasteiger partial charge in [0, 0.05) is 25.7 Å². The van der Waals surface area contributed by atoms with Crippen molar-refractivity contribution in [2.45, 2.75) is 32.7 Å². The van der Waals surface area contributed by atoms with E-state index < -0.39 is 0 Å². The number of nitrogens with zero attached hydrogens (tertiary/aromatic N) is 3. The zero-order valence-electron chi connectivity index (χ0n) is 15.9. The average Bonchev–Trinajstić information content (AvgIpc) is 2.71. The molecular formula is C23H26N4. The highest BCUT2D eigenvalue weighted by Gasteiger charge is 2.18. The molecule has 2 aromatic carbocycles. The maximum atomic E-state index is 4.68. The normalized spacial score (nSPS) is 13.3. The van der Waals surface area contributed by atoms with Gasteiger partial charge in [-0.15, -0.1) is 0 Å². The lowest BCUT2D eigenvalue weighted by molar-refractivity contribution is 0.717. The molecule has 0 unspecified atom stereocenters. The van der Waals surface area contributed by atoms with Crippen LogP contribution in [0.2, 0.25) is 0 Å². The topological polar surface area (TPSA) is 41.1 Å². The summed E-state index contributed by atoms with van der Waals surface area (Å²) in [6.45, 7) is 4.80. The summed E-state index contributed by atoms with van der Waals surface area (Å²) in [4.78, 5) is 11.6. The van der Waals surface area contributed by atoms with Crippen LogP contribution in [0.25, 0.3) is 0 Å². The summed E-state index contributed by atoms with van der Waals surface area (Å²) in [6.07, 6.45) is 3.23. The van der Waals surface area contributed by atoms with Crippen molar-refractivity contribution in [3.05, 3.63) is 83.2 Å². The van der Waals surface area contributed by atoms with Crippen LogP contribution in [0.1, 0.15) is 28.9 Å². The van der Waals surface area contributed by atoms with Crippen LogP contribution >= 0.6 is 0 Å². The molecule has 1 aliphatic heterocycles. The maximum absolute atomic E-state index is 4.68. The van der Waals surface area contributed by atoms with E-state index in [-0.39, 0.29) is 0 Å². The standard InChI is InChI=1S/C23H26N4/c1-18-25-22(24-14-7-10-19-8-3-2-4-9-19)16-23(26-18)27-15-13-20-11-5-6-12-21(20)17-27/h2-6,8-9,11-12,16H,7,10,13-15,17H2,1H3,(H,24,25,26). The molecule has 1 aliphatic rings. The Labute approximate surface area is 161 Å². The van der Waals surface area contributed by atoms with Crippen LogP contribution in [0.15, 0.2) is 60.7 Å². The molecule has 138 valence electrons.